The lowest BCUT2D eigenvalue weighted by molar-refractivity contribution is -0.115. The van der Waals surface area contributed by atoms with E-state index in [0.717, 1.165) is 57.4 Å². The summed E-state index contributed by atoms with van der Waals surface area (Å²) in [5.41, 5.74) is 5.36. The van der Waals surface area contributed by atoms with Gasteiger partial charge in [-0.25, -0.2) is 8.42 Å². The van der Waals surface area contributed by atoms with Crippen LogP contribution in [0.5, 0.6) is 0 Å². The number of benzene rings is 1. The van der Waals surface area contributed by atoms with Crippen molar-refractivity contribution in [2.45, 2.75) is 72.8 Å². The number of carbonyl (C=O) groups is 2. The fourth-order valence-electron chi connectivity index (χ4n) is 5.92. The molecule has 3 aromatic rings. The normalized spacial score (nSPS) is 20.9. The Kier molecular flexibility index (Phi) is 6.97. The Morgan fingerprint density at radius 3 is 2.61 bits per heavy atom. The number of furan rings is 1. The van der Waals surface area contributed by atoms with E-state index in [2.05, 4.69) is 37.5 Å². The zero-order valence-electron chi connectivity index (χ0n) is 22.7. The van der Waals surface area contributed by atoms with Gasteiger partial charge < -0.3 is 15.1 Å². The Bertz CT molecular complexity index is 1520. The van der Waals surface area contributed by atoms with E-state index < -0.39 is 15.9 Å². The van der Waals surface area contributed by atoms with Crippen LogP contribution >= 0.6 is 11.3 Å². The number of nitrogens with one attached hydrogen (secondary N) is 2. The monoisotopic (exact) mass is 556 g/mol. The Hall–Kier alpha value is -2.65. The van der Waals surface area contributed by atoms with Gasteiger partial charge in [-0.3, -0.25) is 9.59 Å². The summed E-state index contributed by atoms with van der Waals surface area (Å²) in [7, 11) is -3.12. The highest BCUT2D eigenvalue weighted by Gasteiger charge is 2.36. The average molecular weight is 557 g/mol. The number of thiophene rings is 1. The molecular formula is C29H36N2O5S2. The fraction of sp³-hybridized carbons (Fsp3) is 0.517. The smallest absolute Gasteiger partial charge is 0.254 e. The van der Waals surface area contributed by atoms with Crippen molar-refractivity contribution in [2.24, 2.45) is 11.3 Å². The third-order valence-electron chi connectivity index (χ3n) is 7.98. The van der Waals surface area contributed by atoms with Crippen molar-refractivity contribution < 1.29 is 22.4 Å². The van der Waals surface area contributed by atoms with Crippen molar-refractivity contribution in [1.29, 1.82) is 0 Å². The van der Waals surface area contributed by atoms with E-state index >= 15 is 0 Å². The van der Waals surface area contributed by atoms with Crippen LogP contribution < -0.4 is 10.6 Å². The Labute approximate surface area is 228 Å². The summed E-state index contributed by atoms with van der Waals surface area (Å²) in [4.78, 5) is 27.9. The summed E-state index contributed by atoms with van der Waals surface area (Å²) in [5, 5.41) is 7.48. The molecule has 2 unspecified atom stereocenters. The summed E-state index contributed by atoms with van der Waals surface area (Å²) in [6.45, 7) is 10.7. The third-order valence-corrected chi connectivity index (χ3v) is 10.9. The van der Waals surface area contributed by atoms with Crippen LogP contribution in [0, 0.1) is 25.2 Å². The summed E-state index contributed by atoms with van der Waals surface area (Å²) in [5.74, 6) is 0.0292. The third kappa shape index (κ3) is 5.41. The Balaban J connectivity index is 1.42. The minimum atomic E-state index is -3.12. The molecule has 2 N–H and O–H groups in total. The van der Waals surface area contributed by atoms with Gasteiger partial charge in [0, 0.05) is 21.9 Å². The van der Waals surface area contributed by atoms with Crippen LogP contribution in [-0.4, -0.2) is 37.8 Å². The van der Waals surface area contributed by atoms with Crippen molar-refractivity contribution in [3.05, 3.63) is 51.1 Å². The van der Waals surface area contributed by atoms with E-state index in [1.54, 1.807) is 6.26 Å². The van der Waals surface area contributed by atoms with Crippen LogP contribution in [0.4, 0.5) is 5.00 Å². The maximum atomic E-state index is 13.5. The zero-order chi connectivity index (χ0) is 27.4. The quantitative estimate of drug-likeness (QED) is 0.440. The molecule has 204 valence electrons. The predicted molar refractivity (Wildman–Crippen MR) is 152 cm³/mol. The van der Waals surface area contributed by atoms with Crippen LogP contribution in [0.15, 0.2) is 22.8 Å². The molecule has 2 amide bonds. The summed E-state index contributed by atoms with van der Waals surface area (Å²) in [6.07, 6.45) is 4.78. The summed E-state index contributed by atoms with van der Waals surface area (Å²) < 4.78 is 29.6. The van der Waals surface area contributed by atoms with Gasteiger partial charge in [-0.15, -0.1) is 11.3 Å². The highest BCUT2D eigenvalue weighted by atomic mass is 32.2. The molecule has 1 aliphatic carbocycles. The number of carbonyl (C=O) groups excluding carboxylic acids is 2. The number of fused-ring (bicyclic) bond motifs is 2. The van der Waals surface area contributed by atoms with Gasteiger partial charge >= 0.3 is 0 Å². The number of aryl methyl sites for hydroxylation is 2. The van der Waals surface area contributed by atoms with Gasteiger partial charge in [-0.2, -0.15) is 0 Å². The van der Waals surface area contributed by atoms with Crippen molar-refractivity contribution in [3.8, 4) is 0 Å². The molecule has 2 atom stereocenters. The molecule has 9 heteroatoms. The maximum Gasteiger partial charge on any atom is 0.254 e. The number of anilines is 1. The van der Waals surface area contributed by atoms with Crippen molar-refractivity contribution in [1.82, 2.24) is 5.32 Å². The van der Waals surface area contributed by atoms with Crippen molar-refractivity contribution in [3.63, 3.8) is 0 Å². The van der Waals surface area contributed by atoms with Gasteiger partial charge in [-0.05, 0) is 73.6 Å². The second-order valence-corrected chi connectivity index (χ2v) is 15.4. The van der Waals surface area contributed by atoms with E-state index in [1.165, 1.54) is 11.3 Å². The molecular weight excluding hydrogens is 520 g/mol. The molecule has 3 heterocycles. The lowest BCUT2D eigenvalue weighted by atomic mass is 9.72. The first-order valence-electron chi connectivity index (χ1n) is 13.2. The molecule has 38 heavy (non-hydrogen) atoms. The molecule has 2 aromatic heterocycles. The topological polar surface area (TPSA) is 105 Å². The molecule has 1 fully saturated rings. The molecule has 1 aliphatic heterocycles. The largest absolute Gasteiger partial charge is 0.464 e. The molecule has 1 aromatic carbocycles. The first kappa shape index (κ1) is 26.9. The zero-order valence-corrected chi connectivity index (χ0v) is 24.3. The molecule has 0 radical (unpaired) electrons. The SMILES string of the molecule is Cc1cc(C)c2c(CC(=O)Nc3sc4c(c3C(=O)NC3CCS(=O)(=O)C3)CCC(C(C)(C)C)C4)coc2c1. The van der Waals surface area contributed by atoms with Gasteiger partial charge in [0.1, 0.15) is 10.6 Å². The van der Waals surface area contributed by atoms with E-state index in [1.807, 2.05) is 19.9 Å². The second-order valence-electron chi connectivity index (χ2n) is 12.0. The Morgan fingerprint density at radius 1 is 1.16 bits per heavy atom. The van der Waals surface area contributed by atoms with E-state index in [4.69, 9.17) is 4.42 Å². The number of sulfone groups is 1. The van der Waals surface area contributed by atoms with E-state index in [0.29, 0.717) is 22.9 Å². The highest BCUT2D eigenvalue weighted by molar-refractivity contribution is 7.91. The van der Waals surface area contributed by atoms with Crippen molar-refractivity contribution >= 4 is 49.0 Å². The van der Waals surface area contributed by atoms with Crippen LogP contribution in [0.2, 0.25) is 0 Å². The van der Waals surface area contributed by atoms with Crippen LogP contribution in [0.25, 0.3) is 11.0 Å². The Morgan fingerprint density at radius 2 is 1.92 bits per heavy atom. The van der Waals surface area contributed by atoms with Crippen molar-refractivity contribution in [2.75, 3.05) is 16.8 Å². The first-order chi connectivity index (χ1) is 17.8. The molecule has 5 rings (SSSR count). The maximum absolute atomic E-state index is 13.5. The summed E-state index contributed by atoms with van der Waals surface area (Å²) >= 11 is 1.48. The van der Waals surface area contributed by atoms with Crippen LogP contribution in [0.3, 0.4) is 0 Å². The summed E-state index contributed by atoms with van der Waals surface area (Å²) in [6, 6.07) is 3.64. The lowest BCUT2D eigenvalue weighted by Gasteiger charge is -2.33. The van der Waals surface area contributed by atoms with Crippen LogP contribution in [-0.2, 0) is 33.9 Å². The van der Waals surface area contributed by atoms with Crippen LogP contribution in [0.1, 0.15) is 71.1 Å². The van der Waals surface area contributed by atoms with Gasteiger partial charge in [0.2, 0.25) is 5.91 Å². The predicted octanol–water partition coefficient (Wildman–Crippen LogP) is 5.36. The van der Waals surface area contributed by atoms with E-state index in [9.17, 15) is 18.0 Å². The second kappa shape index (κ2) is 9.83. The number of amides is 2. The molecule has 0 spiro atoms. The first-order valence-corrected chi connectivity index (χ1v) is 15.9. The minimum absolute atomic E-state index is 0.0365. The average Bonchev–Trinajstić information content (AvgIpc) is 3.46. The lowest BCUT2D eigenvalue weighted by Crippen LogP contribution is -2.36. The fourth-order valence-corrected chi connectivity index (χ4v) is 8.93. The number of hydrogen-bond acceptors (Lipinski definition) is 6. The standard InChI is InChI=1S/C29H36N2O5S2/c1-16-10-17(2)25-18(14-36-22(25)11-16)12-24(32)31-28-26(27(33)30-20-8-9-38(34,35)15-20)21-7-6-19(29(3,4)5)13-23(21)37-28/h10-11,14,19-20H,6-9,12-13,15H2,1-5H3,(H,30,33)(H,31,32). The number of rotatable bonds is 5. The van der Waals surface area contributed by atoms with Gasteiger partial charge in [0.25, 0.3) is 5.91 Å². The van der Waals surface area contributed by atoms with E-state index in [-0.39, 0.29) is 35.2 Å². The molecule has 0 saturated carbocycles. The minimum Gasteiger partial charge on any atom is -0.464 e. The number of hydrogen-bond donors (Lipinski definition) is 2. The molecule has 1 saturated heterocycles. The molecule has 2 aliphatic rings. The van der Waals surface area contributed by atoms with Gasteiger partial charge in [0.15, 0.2) is 9.84 Å². The van der Waals surface area contributed by atoms with Gasteiger partial charge in [-0.1, -0.05) is 26.8 Å². The highest BCUT2D eigenvalue weighted by Crippen LogP contribution is 2.44. The molecule has 7 nitrogen and oxygen atoms in total. The van der Waals surface area contributed by atoms with Gasteiger partial charge in [0.05, 0.1) is 29.8 Å². The molecule has 0 bridgehead atoms.